The van der Waals surface area contributed by atoms with E-state index in [-0.39, 0.29) is 0 Å². The fraction of sp³-hybridized carbons (Fsp3) is 0.429. The van der Waals surface area contributed by atoms with E-state index in [0.717, 1.165) is 50.1 Å². The van der Waals surface area contributed by atoms with Gasteiger partial charge in [-0.1, -0.05) is 6.07 Å². The first kappa shape index (κ1) is 17.3. The summed E-state index contributed by atoms with van der Waals surface area (Å²) in [7, 11) is 0. The van der Waals surface area contributed by atoms with Crippen molar-refractivity contribution in [2.75, 3.05) is 31.1 Å². The van der Waals surface area contributed by atoms with Crippen LogP contribution in [0.1, 0.15) is 34.3 Å². The molecule has 0 unspecified atom stereocenters. The Bertz CT molecular complexity index is 1040. The molecular weight excluding hydrogens is 358 g/mol. The number of carboxylic acids is 1. The molecule has 7 heteroatoms. The zero-order valence-corrected chi connectivity index (χ0v) is 15.5. The van der Waals surface area contributed by atoms with E-state index in [1.807, 2.05) is 6.07 Å². The third-order valence-electron chi connectivity index (χ3n) is 6.54. The highest BCUT2D eigenvalue weighted by molar-refractivity contribution is 5.92. The third-order valence-corrected chi connectivity index (χ3v) is 6.54. The maximum Gasteiger partial charge on any atom is 0.345 e. The molecule has 2 fully saturated rings. The summed E-state index contributed by atoms with van der Waals surface area (Å²) in [6.07, 6.45) is 3.35. The smallest absolute Gasteiger partial charge is 0.345 e. The van der Waals surface area contributed by atoms with Crippen LogP contribution in [0.25, 0.3) is 11.3 Å². The molecule has 1 aliphatic carbocycles. The number of anilines is 1. The van der Waals surface area contributed by atoms with E-state index in [9.17, 15) is 19.8 Å². The number of aromatic hydroxyl groups is 1. The summed E-state index contributed by atoms with van der Waals surface area (Å²) in [5, 5.41) is 23.1. The second-order valence-electron chi connectivity index (χ2n) is 8.31. The molecule has 0 amide bonds. The van der Waals surface area contributed by atoms with Gasteiger partial charge in [-0.25, -0.2) is 4.79 Å². The topological polar surface area (TPSA) is 106 Å². The van der Waals surface area contributed by atoms with Crippen molar-refractivity contribution in [2.45, 2.75) is 25.7 Å². The Labute approximate surface area is 162 Å². The maximum absolute atomic E-state index is 12.3. The van der Waals surface area contributed by atoms with Gasteiger partial charge in [-0.3, -0.25) is 4.79 Å². The molecular formula is C21H23N3O4. The number of carbonyl (C=O) groups is 1. The summed E-state index contributed by atoms with van der Waals surface area (Å²) in [5.41, 5.74) is 3.34. The molecule has 0 radical (unpaired) electrons. The molecule has 1 aromatic heterocycles. The van der Waals surface area contributed by atoms with Crippen molar-refractivity contribution in [3.05, 3.63) is 45.2 Å². The third kappa shape index (κ3) is 2.53. The number of aromatic amines is 1. The van der Waals surface area contributed by atoms with Crippen molar-refractivity contribution >= 4 is 11.7 Å². The first-order valence-corrected chi connectivity index (χ1v) is 9.78. The summed E-state index contributed by atoms with van der Waals surface area (Å²) >= 11 is 0. The van der Waals surface area contributed by atoms with Gasteiger partial charge < -0.3 is 25.4 Å². The Kier molecular flexibility index (Phi) is 3.77. The molecule has 1 spiro atoms. The highest BCUT2D eigenvalue weighted by Gasteiger charge is 2.43. The minimum absolute atomic E-state index is 0.401. The van der Waals surface area contributed by atoms with E-state index in [0.29, 0.717) is 23.1 Å². The van der Waals surface area contributed by atoms with E-state index in [1.165, 1.54) is 12.1 Å². The van der Waals surface area contributed by atoms with Crippen molar-refractivity contribution in [1.29, 1.82) is 0 Å². The molecule has 2 aliphatic heterocycles. The highest BCUT2D eigenvalue weighted by atomic mass is 16.4. The number of hydrogen-bond acceptors (Lipinski definition) is 5. The van der Waals surface area contributed by atoms with Crippen LogP contribution < -0.4 is 15.8 Å². The molecule has 0 atom stereocenters. The van der Waals surface area contributed by atoms with Gasteiger partial charge in [0.1, 0.15) is 5.75 Å². The molecule has 7 nitrogen and oxygen atoms in total. The van der Waals surface area contributed by atoms with Gasteiger partial charge in [0, 0.05) is 48.4 Å². The van der Waals surface area contributed by atoms with Crippen LogP contribution in [-0.2, 0) is 12.8 Å². The lowest BCUT2D eigenvalue weighted by Gasteiger charge is -2.39. The average Bonchev–Trinajstić information content (AvgIpc) is 3.01. The van der Waals surface area contributed by atoms with Crippen molar-refractivity contribution in [2.24, 2.45) is 5.41 Å². The molecule has 2 aromatic rings. The number of rotatable bonds is 2. The second-order valence-corrected chi connectivity index (χ2v) is 8.31. The fourth-order valence-corrected chi connectivity index (χ4v) is 4.91. The minimum atomic E-state index is -1.41. The predicted molar refractivity (Wildman–Crippen MR) is 105 cm³/mol. The van der Waals surface area contributed by atoms with Crippen molar-refractivity contribution in [3.63, 3.8) is 0 Å². The molecule has 3 aliphatic rings. The van der Waals surface area contributed by atoms with Crippen LogP contribution in [0.15, 0.2) is 23.0 Å². The molecule has 0 saturated carbocycles. The number of aromatic carboxylic acids is 1. The number of carboxylic acid groups (broad SMARTS) is 1. The number of H-pyrrole nitrogens is 1. The molecule has 4 N–H and O–H groups in total. The molecule has 28 heavy (non-hydrogen) atoms. The van der Waals surface area contributed by atoms with Gasteiger partial charge in [-0.15, -0.1) is 0 Å². The van der Waals surface area contributed by atoms with Gasteiger partial charge in [0.25, 0.3) is 5.56 Å². The molecule has 1 aromatic carbocycles. The van der Waals surface area contributed by atoms with Crippen LogP contribution in [0.2, 0.25) is 0 Å². The van der Waals surface area contributed by atoms with Gasteiger partial charge in [0.2, 0.25) is 0 Å². The van der Waals surface area contributed by atoms with Gasteiger partial charge in [-0.2, -0.15) is 0 Å². The largest absolute Gasteiger partial charge is 0.506 e. The van der Waals surface area contributed by atoms with Crippen LogP contribution in [0.4, 0.5) is 5.69 Å². The first-order chi connectivity index (χ1) is 13.5. The quantitative estimate of drug-likeness (QED) is 0.631. The molecule has 3 heterocycles. The number of fused-ring (bicyclic) bond motifs is 3. The van der Waals surface area contributed by atoms with E-state index in [4.69, 9.17) is 0 Å². The van der Waals surface area contributed by atoms with Crippen molar-refractivity contribution in [3.8, 4) is 17.0 Å². The Morgan fingerprint density at radius 1 is 1.21 bits per heavy atom. The number of nitrogens with one attached hydrogen (secondary N) is 2. The Morgan fingerprint density at radius 2 is 2.04 bits per heavy atom. The number of aryl methyl sites for hydroxylation is 1. The van der Waals surface area contributed by atoms with Crippen LogP contribution in [0.5, 0.6) is 5.75 Å². The molecule has 0 bridgehead atoms. The lowest BCUT2D eigenvalue weighted by molar-refractivity contribution is 0.0691. The van der Waals surface area contributed by atoms with Gasteiger partial charge in [0.15, 0.2) is 5.56 Å². The number of aromatic nitrogens is 1. The first-order valence-electron chi connectivity index (χ1n) is 9.78. The van der Waals surface area contributed by atoms with Gasteiger partial charge in [-0.05, 0) is 43.4 Å². The van der Waals surface area contributed by atoms with Gasteiger partial charge in [0.05, 0.1) is 5.69 Å². The van der Waals surface area contributed by atoms with Crippen LogP contribution >= 0.6 is 0 Å². The van der Waals surface area contributed by atoms with Crippen LogP contribution in [0.3, 0.4) is 0 Å². The minimum Gasteiger partial charge on any atom is -0.506 e. The van der Waals surface area contributed by atoms with Gasteiger partial charge >= 0.3 is 5.97 Å². The highest BCUT2D eigenvalue weighted by Crippen LogP contribution is 2.40. The SMILES string of the molecule is O=C(O)c1c(O)c2c([nH]c1=O)-c1ccc(N3CCC4(CNC4)C3)cc1CCC2. The average molecular weight is 381 g/mol. The van der Waals surface area contributed by atoms with E-state index >= 15 is 0 Å². The summed E-state index contributed by atoms with van der Waals surface area (Å²) < 4.78 is 0. The summed E-state index contributed by atoms with van der Waals surface area (Å²) in [6, 6.07) is 6.25. The standard InChI is InChI=1S/C21H23N3O4/c25-18-15-3-1-2-12-8-13(24-7-6-21(11-24)9-22-10-21)4-5-14(12)17(15)23-19(26)16(18)20(27)28/h4-5,8,22H,1-3,6-7,9-11H2,(H,27,28)(H2,23,25,26). The summed E-state index contributed by atoms with van der Waals surface area (Å²) in [5.74, 6) is -1.81. The molecule has 5 rings (SSSR count). The Balaban J connectivity index is 1.56. The summed E-state index contributed by atoms with van der Waals surface area (Å²) in [4.78, 5) is 28.7. The summed E-state index contributed by atoms with van der Waals surface area (Å²) in [6.45, 7) is 4.30. The normalized spacial score (nSPS) is 19.6. The monoisotopic (exact) mass is 381 g/mol. The van der Waals surface area contributed by atoms with Crippen molar-refractivity contribution in [1.82, 2.24) is 10.3 Å². The van der Waals surface area contributed by atoms with E-state index in [1.54, 1.807) is 0 Å². The number of hydrogen-bond donors (Lipinski definition) is 4. The molecule has 2 saturated heterocycles. The van der Waals surface area contributed by atoms with Crippen molar-refractivity contribution < 1.29 is 15.0 Å². The van der Waals surface area contributed by atoms with Crippen LogP contribution in [0, 0.1) is 5.41 Å². The van der Waals surface area contributed by atoms with E-state index in [2.05, 4.69) is 27.3 Å². The zero-order chi connectivity index (χ0) is 19.5. The number of benzene rings is 1. The second kappa shape index (κ2) is 6.10. The fourth-order valence-electron chi connectivity index (χ4n) is 4.91. The predicted octanol–water partition coefficient (Wildman–Crippen LogP) is 1.73. The lowest BCUT2D eigenvalue weighted by atomic mass is 9.81. The van der Waals surface area contributed by atoms with Crippen LogP contribution in [-0.4, -0.2) is 47.3 Å². The molecule has 146 valence electrons. The lowest BCUT2D eigenvalue weighted by Crippen LogP contribution is -2.54. The number of nitrogens with zero attached hydrogens (tertiary/aromatic N) is 1. The Hall–Kier alpha value is -2.80. The van der Waals surface area contributed by atoms with E-state index < -0.39 is 22.8 Å². The Morgan fingerprint density at radius 3 is 2.71 bits per heavy atom. The maximum atomic E-state index is 12.3. The number of pyridine rings is 1. The zero-order valence-electron chi connectivity index (χ0n) is 15.5.